The van der Waals surface area contributed by atoms with Crippen molar-refractivity contribution in [3.05, 3.63) is 0 Å². The molecule has 0 N–H and O–H groups in total. The highest BCUT2D eigenvalue weighted by atomic mass is 32.2. The molecule has 2 aliphatic heterocycles. The molecule has 0 aromatic carbocycles. The summed E-state index contributed by atoms with van der Waals surface area (Å²) in [5, 5.41) is 0. The molecule has 2 saturated heterocycles. The monoisotopic (exact) mass is 310 g/mol. The molecule has 3 aliphatic rings. The maximum Gasteiger partial charge on any atom is 0.246 e. The summed E-state index contributed by atoms with van der Waals surface area (Å²) < 4.78 is 0.209. The Bertz CT molecular complexity index is 430. The lowest BCUT2D eigenvalue weighted by atomic mass is 9.82. The number of nitrogens with zero attached hydrogens (tertiary/aromatic N) is 2. The normalized spacial score (nSPS) is 31.9. The Labute approximate surface area is 131 Å². The van der Waals surface area contributed by atoms with E-state index in [1.54, 1.807) is 0 Å². The summed E-state index contributed by atoms with van der Waals surface area (Å²) in [7, 11) is 0. The van der Waals surface area contributed by atoms with Gasteiger partial charge in [0.25, 0.3) is 0 Å². The lowest BCUT2D eigenvalue weighted by molar-refractivity contribution is -0.164. The van der Waals surface area contributed by atoms with Gasteiger partial charge in [-0.3, -0.25) is 9.59 Å². The number of carbonyl (C=O) groups excluding carboxylic acids is 2. The number of rotatable bonds is 4. The standard InChI is InChI=1S/C16H26N2O2S/c1-3-12-14(19)17-10-5-4-7-13(17)15(20)18(12)11-16(21-2)8-6-9-16/h12-13H,3-11H2,1-2H3. The molecule has 3 fully saturated rings. The number of carbonyl (C=O) groups is 2. The highest BCUT2D eigenvalue weighted by Gasteiger charge is 2.49. The van der Waals surface area contributed by atoms with Crippen molar-refractivity contribution in [1.82, 2.24) is 9.80 Å². The SMILES string of the molecule is CCC1C(=O)N2CCCCC2C(=O)N1CC1(SC)CCC1. The summed E-state index contributed by atoms with van der Waals surface area (Å²) in [6, 6.07) is -0.399. The molecule has 2 atom stereocenters. The van der Waals surface area contributed by atoms with Crippen molar-refractivity contribution in [1.29, 1.82) is 0 Å². The quantitative estimate of drug-likeness (QED) is 0.800. The van der Waals surface area contributed by atoms with Gasteiger partial charge >= 0.3 is 0 Å². The van der Waals surface area contributed by atoms with Crippen LogP contribution in [0.3, 0.4) is 0 Å². The first-order valence-corrected chi connectivity index (χ1v) is 9.50. The van der Waals surface area contributed by atoms with E-state index in [1.165, 1.54) is 19.3 Å². The first-order chi connectivity index (χ1) is 10.1. The van der Waals surface area contributed by atoms with E-state index in [1.807, 2.05) is 28.5 Å². The van der Waals surface area contributed by atoms with Gasteiger partial charge in [0.15, 0.2) is 0 Å². The number of fused-ring (bicyclic) bond motifs is 1. The van der Waals surface area contributed by atoms with Gasteiger partial charge in [0.05, 0.1) is 0 Å². The number of thioether (sulfide) groups is 1. The van der Waals surface area contributed by atoms with Gasteiger partial charge in [0.1, 0.15) is 12.1 Å². The first-order valence-electron chi connectivity index (χ1n) is 8.28. The molecule has 4 nitrogen and oxygen atoms in total. The van der Waals surface area contributed by atoms with Gasteiger partial charge in [-0.1, -0.05) is 13.3 Å². The van der Waals surface area contributed by atoms with Crippen molar-refractivity contribution in [2.45, 2.75) is 68.7 Å². The van der Waals surface area contributed by atoms with E-state index in [0.717, 1.165) is 38.8 Å². The van der Waals surface area contributed by atoms with Crippen LogP contribution in [0.1, 0.15) is 51.9 Å². The van der Waals surface area contributed by atoms with Crippen molar-refractivity contribution < 1.29 is 9.59 Å². The third-order valence-electron chi connectivity index (χ3n) is 5.56. The van der Waals surface area contributed by atoms with Gasteiger partial charge in [-0.05, 0) is 44.8 Å². The highest BCUT2D eigenvalue weighted by Crippen LogP contribution is 2.44. The molecular formula is C16H26N2O2S. The zero-order valence-electron chi connectivity index (χ0n) is 13.1. The molecule has 0 aromatic heterocycles. The van der Waals surface area contributed by atoms with Gasteiger partial charge in [-0.2, -0.15) is 11.8 Å². The molecule has 21 heavy (non-hydrogen) atoms. The smallest absolute Gasteiger partial charge is 0.246 e. The summed E-state index contributed by atoms with van der Waals surface area (Å²) >= 11 is 1.88. The first kappa shape index (κ1) is 15.2. The van der Waals surface area contributed by atoms with Crippen molar-refractivity contribution in [2.75, 3.05) is 19.3 Å². The Morgan fingerprint density at radius 2 is 1.95 bits per heavy atom. The minimum Gasteiger partial charge on any atom is -0.329 e. The molecule has 0 bridgehead atoms. The van der Waals surface area contributed by atoms with Gasteiger partial charge < -0.3 is 9.80 Å². The average molecular weight is 310 g/mol. The lowest BCUT2D eigenvalue weighted by Crippen LogP contribution is -2.67. The van der Waals surface area contributed by atoms with Crippen LogP contribution in [0.4, 0.5) is 0 Å². The van der Waals surface area contributed by atoms with Crippen LogP contribution in [0.5, 0.6) is 0 Å². The summed E-state index contributed by atoms with van der Waals surface area (Å²) in [6.45, 7) is 3.56. The summed E-state index contributed by atoms with van der Waals surface area (Å²) in [5.74, 6) is 0.402. The third-order valence-corrected chi connectivity index (χ3v) is 6.96. The molecule has 2 heterocycles. The van der Waals surface area contributed by atoms with Crippen LogP contribution >= 0.6 is 11.8 Å². The predicted octanol–water partition coefficient (Wildman–Crippen LogP) is 2.27. The Morgan fingerprint density at radius 1 is 1.19 bits per heavy atom. The number of piperidine rings is 1. The van der Waals surface area contributed by atoms with Crippen molar-refractivity contribution in [3.63, 3.8) is 0 Å². The minimum atomic E-state index is -0.225. The minimum absolute atomic E-state index is 0.173. The molecule has 3 rings (SSSR count). The van der Waals surface area contributed by atoms with Crippen LogP contribution in [-0.2, 0) is 9.59 Å². The number of amides is 2. The van der Waals surface area contributed by atoms with Crippen LogP contribution in [0.15, 0.2) is 0 Å². The molecule has 1 aliphatic carbocycles. The van der Waals surface area contributed by atoms with Crippen molar-refractivity contribution >= 4 is 23.6 Å². The second kappa shape index (κ2) is 5.82. The fourth-order valence-corrected chi connectivity index (χ4v) is 4.98. The molecule has 1 saturated carbocycles. The fourth-order valence-electron chi connectivity index (χ4n) is 4.01. The summed E-state index contributed by atoms with van der Waals surface area (Å²) in [5.41, 5.74) is 0. The van der Waals surface area contributed by atoms with Crippen LogP contribution in [-0.4, -0.2) is 57.8 Å². The Morgan fingerprint density at radius 3 is 2.52 bits per heavy atom. The molecule has 0 aromatic rings. The summed E-state index contributed by atoms with van der Waals surface area (Å²) in [6.07, 6.45) is 9.45. The van der Waals surface area contributed by atoms with Crippen LogP contribution in [0.25, 0.3) is 0 Å². The zero-order chi connectivity index (χ0) is 15.0. The maximum atomic E-state index is 12.9. The van der Waals surface area contributed by atoms with Gasteiger partial charge in [0, 0.05) is 17.8 Å². The van der Waals surface area contributed by atoms with Gasteiger partial charge in [0.2, 0.25) is 11.8 Å². The molecular weight excluding hydrogens is 284 g/mol. The Hall–Kier alpha value is -0.710. The molecule has 2 amide bonds. The van der Waals surface area contributed by atoms with Crippen molar-refractivity contribution in [2.24, 2.45) is 0 Å². The third kappa shape index (κ3) is 2.47. The van der Waals surface area contributed by atoms with Gasteiger partial charge in [-0.15, -0.1) is 0 Å². The van der Waals surface area contributed by atoms with E-state index in [0.29, 0.717) is 0 Å². The van der Waals surface area contributed by atoms with E-state index in [-0.39, 0.29) is 28.6 Å². The molecule has 0 spiro atoms. The molecule has 5 heteroatoms. The van der Waals surface area contributed by atoms with E-state index in [2.05, 4.69) is 6.26 Å². The number of piperazine rings is 1. The highest BCUT2D eigenvalue weighted by molar-refractivity contribution is 8.00. The van der Waals surface area contributed by atoms with Gasteiger partial charge in [-0.25, -0.2) is 0 Å². The van der Waals surface area contributed by atoms with E-state index in [4.69, 9.17) is 0 Å². The number of hydrogen-bond donors (Lipinski definition) is 0. The lowest BCUT2D eigenvalue weighted by Gasteiger charge is -2.51. The summed E-state index contributed by atoms with van der Waals surface area (Å²) in [4.78, 5) is 29.5. The van der Waals surface area contributed by atoms with Crippen LogP contribution in [0, 0.1) is 0 Å². The largest absolute Gasteiger partial charge is 0.329 e. The Balaban J connectivity index is 1.83. The molecule has 118 valence electrons. The number of hydrogen-bond acceptors (Lipinski definition) is 3. The molecule has 0 radical (unpaired) electrons. The van der Waals surface area contributed by atoms with E-state index < -0.39 is 0 Å². The Kier molecular flexibility index (Phi) is 4.21. The van der Waals surface area contributed by atoms with Crippen LogP contribution in [0.2, 0.25) is 0 Å². The van der Waals surface area contributed by atoms with Crippen LogP contribution < -0.4 is 0 Å². The second-order valence-electron chi connectivity index (χ2n) is 6.67. The topological polar surface area (TPSA) is 40.6 Å². The fraction of sp³-hybridized carbons (Fsp3) is 0.875. The average Bonchev–Trinajstić information content (AvgIpc) is 2.48. The van der Waals surface area contributed by atoms with E-state index in [9.17, 15) is 9.59 Å². The molecule has 2 unspecified atom stereocenters. The maximum absolute atomic E-state index is 12.9. The zero-order valence-corrected chi connectivity index (χ0v) is 14.0. The second-order valence-corrected chi connectivity index (χ2v) is 7.95. The van der Waals surface area contributed by atoms with Crippen molar-refractivity contribution in [3.8, 4) is 0 Å². The van der Waals surface area contributed by atoms with E-state index >= 15 is 0 Å². The predicted molar refractivity (Wildman–Crippen MR) is 85.2 cm³/mol.